The lowest BCUT2D eigenvalue weighted by Gasteiger charge is -2.02. The number of anilines is 1. The van der Waals surface area contributed by atoms with Crippen LogP contribution in [0.15, 0.2) is 46.1 Å². The SMILES string of the molecule is CCc1cc(=O)n2nc(NCCS(=O)c3ccccc3)sc2n1. The Bertz CT molecular complexity index is 889. The number of benzene rings is 1. The summed E-state index contributed by atoms with van der Waals surface area (Å²) < 4.78 is 13.4. The molecule has 3 rings (SSSR count). The van der Waals surface area contributed by atoms with E-state index in [1.54, 1.807) is 0 Å². The molecular formula is C15H16N4O2S2. The van der Waals surface area contributed by atoms with E-state index in [2.05, 4.69) is 15.4 Å². The van der Waals surface area contributed by atoms with Crippen molar-refractivity contribution in [3.8, 4) is 0 Å². The fourth-order valence-electron chi connectivity index (χ4n) is 2.05. The molecule has 0 saturated carbocycles. The van der Waals surface area contributed by atoms with Crippen LogP contribution in [-0.2, 0) is 17.2 Å². The van der Waals surface area contributed by atoms with Crippen molar-refractivity contribution in [2.45, 2.75) is 18.2 Å². The summed E-state index contributed by atoms with van der Waals surface area (Å²) in [7, 11) is -1.05. The molecule has 0 fully saturated rings. The van der Waals surface area contributed by atoms with Crippen LogP contribution in [-0.4, -0.2) is 31.1 Å². The van der Waals surface area contributed by atoms with E-state index in [1.165, 1.54) is 21.9 Å². The molecule has 23 heavy (non-hydrogen) atoms. The third-order valence-corrected chi connectivity index (χ3v) is 5.47. The van der Waals surface area contributed by atoms with Crippen LogP contribution in [0.4, 0.5) is 5.13 Å². The molecule has 0 aliphatic carbocycles. The third-order valence-electron chi connectivity index (χ3n) is 3.23. The summed E-state index contributed by atoms with van der Waals surface area (Å²) in [6.07, 6.45) is 0.711. The average Bonchev–Trinajstić information content (AvgIpc) is 2.99. The van der Waals surface area contributed by atoms with Crippen molar-refractivity contribution in [1.82, 2.24) is 14.6 Å². The van der Waals surface area contributed by atoms with Crippen LogP contribution in [0.3, 0.4) is 0 Å². The van der Waals surface area contributed by atoms with Gasteiger partial charge in [0.05, 0.1) is 10.8 Å². The van der Waals surface area contributed by atoms with Crippen LogP contribution in [0.1, 0.15) is 12.6 Å². The van der Waals surface area contributed by atoms with Crippen LogP contribution >= 0.6 is 11.3 Å². The lowest BCUT2D eigenvalue weighted by Crippen LogP contribution is -2.16. The van der Waals surface area contributed by atoms with Crippen LogP contribution in [0, 0.1) is 0 Å². The maximum atomic E-state index is 12.1. The molecule has 1 atom stereocenters. The minimum atomic E-state index is -1.05. The highest BCUT2D eigenvalue weighted by atomic mass is 32.2. The molecule has 2 heterocycles. The molecule has 0 radical (unpaired) electrons. The Hall–Kier alpha value is -2.06. The Balaban J connectivity index is 1.67. The summed E-state index contributed by atoms with van der Waals surface area (Å²) in [4.78, 5) is 17.7. The predicted molar refractivity (Wildman–Crippen MR) is 92.7 cm³/mol. The van der Waals surface area contributed by atoms with Gasteiger partial charge >= 0.3 is 0 Å². The van der Waals surface area contributed by atoms with Crippen molar-refractivity contribution in [2.24, 2.45) is 0 Å². The highest BCUT2D eigenvalue weighted by molar-refractivity contribution is 7.85. The molecule has 0 aliphatic rings. The van der Waals surface area contributed by atoms with Gasteiger partial charge in [-0.15, -0.1) is 5.10 Å². The third kappa shape index (κ3) is 3.65. The van der Waals surface area contributed by atoms with E-state index < -0.39 is 10.8 Å². The molecule has 0 amide bonds. The Morgan fingerprint density at radius 3 is 2.83 bits per heavy atom. The minimum absolute atomic E-state index is 0.177. The Kier molecular flexibility index (Phi) is 4.82. The highest BCUT2D eigenvalue weighted by Gasteiger charge is 2.09. The maximum Gasteiger partial charge on any atom is 0.275 e. The molecule has 3 aromatic rings. The molecule has 0 bridgehead atoms. The molecular weight excluding hydrogens is 332 g/mol. The van der Waals surface area contributed by atoms with Crippen molar-refractivity contribution in [2.75, 3.05) is 17.6 Å². The van der Waals surface area contributed by atoms with Gasteiger partial charge < -0.3 is 5.32 Å². The van der Waals surface area contributed by atoms with E-state index in [0.717, 1.165) is 10.6 Å². The topological polar surface area (TPSA) is 76.4 Å². The van der Waals surface area contributed by atoms with Crippen LogP contribution in [0.2, 0.25) is 0 Å². The molecule has 1 unspecified atom stereocenters. The number of aryl methyl sites for hydroxylation is 1. The van der Waals surface area contributed by atoms with Crippen molar-refractivity contribution >= 4 is 32.2 Å². The standard InChI is InChI=1S/C15H16N4O2S2/c1-2-11-10-13(20)19-15(17-11)22-14(18-19)16-8-9-23(21)12-6-4-3-5-7-12/h3-7,10H,2,8-9H2,1H3,(H,16,18). The molecule has 8 heteroatoms. The van der Waals surface area contributed by atoms with E-state index in [-0.39, 0.29) is 5.56 Å². The van der Waals surface area contributed by atoms with Gasteiger partial charge in [0.2, 0.25) is 10.1 Å². The van der Waals surface area contributed by atoms with Crippen molar-refractivity contribution in [3.63, 3.8) is 0 Å². The normalized spacial score (nSPS) is 12.4. The summed E-state index contributed by atoms with van der Waals surface area (Å²) in [5.74, 6) is 0.475. The van der Waals surface area contributed by atoms with E-state index >= 15 is 0 Å². The zero-order valence-electron chi connectivity index (χ0n) is 12.6. The number of aromatic nitrogens is 3. The van der Waals surface area contributed by atoms with Crippen molar-refractivity contribution < 1.29 is 4.21 Å². The van der Waals surface area contributed by atoms with E-state index in [0.29, 0.717) is 28.8 Å². The molecule has 0 spiro atoms. The fraction of sp³-hybridized carbons (Fsp3) is 0.267. The second-order valence-corrected chi connectivity index (χ2v) is 7.36. The van der Waals surface area contributed by atoms with Gasteiger partial charge in [0, 0.05) is 29.0 Å². The quantitative estimate of drug-likeness (QED) is 0.737. The fourth-order valence-corrected chi connectivity index (χ4v) is 3.88. The molecule has 120 valence electrons. The monoisotopic (exact) mass is 348 g/mol. The number of nitrogens with zero attached hydrogens (tertiary/aromatic N) is 3. The lowest BCUT2D eigenvalue weighted by atomic mass is 10.3. The van der Waals surface area contributed by atoms with Gasteiger partial charge in [-0.25, -0.2) is 4.98 Å². The summed E-state index contributed by atoms with van der Waals surface area (Å²) in [5.41, 5.74) is 0.583. The maximum absolute atomic E-state index is 12.1. The molecule has 1 aromatic carbocycles. The molecule has 1 N–H and O–H groups in total. The number of fused-ring (bicyclic) bond motifs is 1. The predicted octanol–water partition coefficient (Wildman–Crippen LogP) is 1.93. The van der Waals surface area contributed by atoms with E-state index in [1.807, 2.05) is 37.3 Å². The van der Waals surface area contributed by atoms with Crippen LogP contribution in [0.25, 0.3) is 4.96 Å². The van der Waals surface area contributed by atoms with Gasteiger partial charge in [0.1, 0.15) is 0 Å². The Labute approximate surface area is 139 Å². The zero-order valence-corrected chi connectivity index (χ0v) is 14.2. The number of rotatable bonds is 6. The molecule has 0 aliphatic heterocycles. The largest absolute Gasteiger partial charge is 0.359 e. The Morgan fingerprint density at radius 1 is 1.30 bits per heavy atom. The summed E-state index contributed by atoms with van der Waals surface area (Å²) in [6.45, 7) is 2.47. The van der Waals surface area contributed by atoms with E-state index in [9.17, 15) is 9.00 Å². The Morgan fingerprint density at radius 2 is 2.09 bits per heavy atom. The van der Waals surface area contributed by atoms with E-state index in [4.69, 9.17) is 0 Å². The van der Waals surface area contributed by atoms with Crippen molar-refractivity contribution in [1.29, 1.82) is 0 Å². The number of hydrogen-bond donors (Lipinski definition) is 1. The lowest BCUT2D eigenvalue weighted by molar-refractivity contribution is 0.683. The van der Waals surface area contributed by atoms with Gasteiger partial charge in [-0.05, 0) is 18.6 Å². The van der Waals surface area contributed by atoms with Gasteiger partial charge in [0.25, 0.3) is 5.56 Å². The first-order valence-corrected chi connectivity index (χ1v) is 9.38. The summed E-state index contributed by atoms with van der Waals surface area (Å²) in [6, 6.07) is 10.8. The first-order valence-electron chi connectivity index (χ1n) is 7.24. The molecule has 6 nitrogen and oxygen atoms in total. The summed E-state index contributed by atoms with van der Waals surface area (Å²) >= 11 is 1.32. The smallest absolute Gasteiger partial charge is 0.275 e. The highest BCUT2D eigenvalue weighted by Crippen LogP contribution is 2.16. The molecule has 2 aromatic heterocycles. The van der Waals surface area contributed by atoms with Crippen LogP contribution in [0.5, 0.6) is 0 Å². The second-order valence-electron chi connectivity index (χ2n) is 4.83. The van der Waals surface area contributed by atoms with Gasteiger partial charge in [-0.1, -0.05) is 36.5 Å². The average molecular weight is 348 g/mol. The van der Waals surface area contributed by atoms with Gasteiger partial charge in [-0.3, -0.25) is 9.00 Å². The van der Waals surface area contributed by atoms with Gasteiger partial charge in [-0.2, -0.15) is 4.52 Å². The number of nitrogens with one attached hydrogen (secondary N) is 1. The first kappa shape index (κ1) is 15.8. The summed E-state index contributed by atoms with van der Waals surface area (Å²) in [5, 5.41) is 7.93. The molecule has 0 saturated heterocycles. The van der Waals surface area contributed by atoms with Crippen LogP contribution < -0.4 is 10.9 Å². The minimum Gasteiger partial charge on any atom is -0.359 e. The first-order chi connectivity index (χ1) is 11.2. The number of hydrogen-bond acceptors (Lipinski definition) is 6. The van der Waals surface area contributed by atoms with Crippen molar-refractivity contribution in [3.05, 3.63) is 52.4 Å². The second kappa shape index (κ2) is 7.01. The van der Waals surface area contributed by atoms with Gasteiger partial charge in [0.15, 0.2) is 0 Å². The zero-order chi connectivity index (χ0) is 16.2.